The molecule has 0 radical (unpaired) electrons. The summed E-state index contributed by atoms with van der Waals surface area (Å²) in [7, 11) is -3.88. The Morgan fingerprint density at radius 1 is 1.00 bits per heavy atom. The highest BCUT2D eigenvalue weighted by atomic mass is 32.2. The number of thiophene rings is 1. The average molecular weight is 411 g/mol. The first kappa shape index (κ1) is 18.4. The van der Waals surface area contributed by atoms with E-state index in [2.05, 4.69) is 15.4 Å². The summed E-state index contributed by atoms with van der Waals surface area (Å²) in [6.07, 6.45) is 0. The van der Waals surface area contributed by atoms with Crippen LogP contribution in [0.4, 0.5) is 5.95 Å². The molecule has 28 heavy (non-hydrogen) atoms. The third-order valence-corrected chi connectivity index (χ3v) is 6.60. The molecule has 0 unspecified atom stereocenters. The van der Waals surface area contributed by atoms with Crippen LogP contribution in [0.1, 0.15) is 11.1 Å². The van der Waals surface area contributed by atoms with Gasteiger partial charge in [0.15, 0.2) is 5.82 Å². The van der Waals surface area contributed by atoms with Crippen molar-refractivity contribution in [1.82, 2.24) is 14.2 Å². The minimum absolute atomic E-state index is 0.170. The number of hydrogen-bond acceptors (Lipinski definition) is 6. The molecule has 2 aromatic carbocycles. The van der Waals surface area contributed by atoms with Crippen LogP contribution in [0.5, 0.6) is 0 Å². The van der Waals surface area contributed by atoms with Crippen LogP contribution in [0.3, 0.4) is 0 Å². The highest BCUT2D eigenvalue weighted by Crippen LogP contribution is 2.26. The van der Waals surface area contributed by atoms with E-state index < -0.39 is 10.0 Å². The van der Waals surface area contributed by atoms with E-state index in [9.17, 15) is 8.42 Å². The molecular weight excluding hydrogens is 392 g/mol. The van der Waals surface area contributed by atoms with E-state index >= 15 is 0 Å². The Kier molecular flexibility index (Phi) is 4.97. The maximum atomic E-state index is 13.2. The lowest BCUT2D eigenvalue weighted by atomic mass is 10.2. The van der Waals surface area contributed by atoms with E-state index in [1.807, 2.05) is 54.8 Å². The zero-order chi connectivity index (χ0) is 19.6. The fraction of sp³-hybridized carbons (Fsp3) is 0.100. The smallest absolute Gasteiger partial charge is 0.286 e. The zero-order valence-corrected chi connectivity index (χ0v) is 16.7. The molecule has 0 spiro atoms. The van der Waals surface area contributed by atoms with Gasteiger partial charge >= 0.3 is 0 Å². The van der Waals surface area contributed by atoms with Gasteiger partial charge in [-0.05, 0) is 36.1 Å². The second kappa shape index (κ2) is 7.57. The summed E-state index contributed by atoms with van der Waals surface area (Å²) in [4.78, 5) is 5.43. The molecule has 142 valence electrons. The number of hydrogen-bond donors (Lipinski definition) is 1. The van der Waals surface area contributed by atoms with Gasteiger partial charge in [-0.1, -0.05) is 54.1 Å². The van der Waals surface area contributed by atoms with Crippen molar-refractivity contribution < 1.29 is 8.42 Å². The van der Waals surface area contributed by atoms with Gasteiger partial charge in [0, 0.05) is 6.54 Å². The second-order valence-corrected chi connectivity index (χ2v) is 8.95. The van der Waals surface area contributed by atoms with Crippen molar-refractivity contribution in [1.29, 1.82) is 0 Å². The number of nitrogens with one attached hydrogen (secondary N) is 1. The zero-order valence-electron chi connectivity index (χ0n) is 15.1. The maximum Gasteiger partial charge on any atom is 0.286 e. The molecule has 8 heteroatoms. The van der Waals surface area contributed by atoms with E-state index in [-0.39, 0.29) is 10.8 Å². The Morgan fingerprint density at radius 3 is 2.43 bits per heavy atom. The average Bonchev–Trinajstić information content (AvgIpc) is 3.37. The molecule has 0 bridgehead atoms. The topological polar surface area (TPSA) is 76.9 Å². The van der Waals surface area contributed by atoms with Gasteiger partial charge in [-0.3, -0.25) is 0 Å². The first-order chi connectivity index (χ1) is 13.5. The number of nitrogens with zero attached hydrogens (tertiary/aromatic N) is 3. The molecule has 0 aliphatic rings. The Morgan fingerprint density at radius 2 is 1.75 bits per heavy atom. The molecular formula is C20H18N4O2S2. The van der Waals surface area contributed by atoms with Gasteiger partial charge in [-0.15, -0.1) is 20.5 Å². The van der Waals surface area contributed by atoms with Crippen molar-refractivity contribution in [3.05, 3.63) is 83.2 Å². The summed E-state index contributed by atoms with van der Waals surface area (Å²) in [6, 6.07) is 20.2. The van der Waals surface area contributed by atoms with Crippen molar-refractivity contribution >= 4 is 27.3 Å². The van der Waals surface area contributed by atoms with Gasteiger partial charge in [-0.25, -0.2) is 0 Å². The van der Waals surface area contributed by atoms with Crippen LogP contribution in [0.2, 0.25) is 0 Å². The van der Waals surface area contributed by atoms with Crippen LogP contribution in [-0.2, 0) is 16.6 Å². The van der Waals surface area contributed by atoms with Crippen LogP contribution in [0, 0.1) is 6.92 Å². The predicted molar refractivity (Wildman–Crippen MR) is 111 cm³/mol. The van der Waals surface area contributed by atoms with Crippen molar-refractivity contribution in [3.8, 4) is 10.7 Å². The van der Waals surface area contributed by atoms with Gasteiger partial charge in [0.1, 0.15) is 0 Å². The molecule has 0 saturated carbocycles. The minimum Gasteiger partial charge on any atom is -0.349 e. The number of benzene rings is 2. The fourth-order valence-electron chi connectivity index (χ4n) is 2.67. The Labute approximate surface area is 167 Å². The van der Waals surface area contributed by atoms with E-state index in [1.165, 1.54) is 11.3 Å². The monoisotopic (exact) mass is 410 g/mol. The molecule has 0 aliphatic heterocycles. The van der Waals surface area contributed by atoms with Gasteiger partial charge in [0.05, 0.1) is 9.77 Å². The summed E-state index contributed by atoms with van der Waals surface area (Å²) in [6.45, 7) is 2.35. The van der Waals surface area contributed by atoms with Gasteiger partial charge in [-0.2, -0.15) is 13.4 Å². The quantitative estimate of drug-likeness (QED) is 0.516. The van der Waals surface area contributed by atoms with Gasteiger partial charge < -0.3 is 5.32 Å². The molecule has 2 heterocycles. The van der Waals surface area contributed by atoms with Gasteiger partial charge in [0.2, 0.25) is 5.95 Å². The van der Waals surface area contributed by atoms with E-state index in [4.69, 9.17) is 0 Å². The second-order valence-electron chi connectivity index (χ2n) is 6.24. The number of rotatable bonds is 6. The van der Waals surface area contributed by atoms with E-state index in [0.717, 1.165) is 20.1 Å². The number of aryl methyl sites for hydroxylation is 1. The highest BCUT2D eigenvalue weighted by Gasteiger charge is 2.24. The third-order valence-electron chi connectivity index (χ3n) is 4.16. The molecule has 4 aromatic rings. The van der Waals surface area contributed by atoms with Gasteiger partial charge in [0.25, 0.3) is 10.0 Å². The molecule has 0 saturated heterocycles. The molecule has 0 atom stereocenters. The number of anilines is 1. The summed E-state index contributed by atoms with van der Waals surface area (Å²) in [5.41, 5.74) is 2.00. The van der Waals surface area contributed by atoms with Crippen LogP contribution in [0.15, 0.2) is 77.0 Å². The van der Waals surface area contributed by atoms with Crippen molar-refractivity contribution in [2.45, 2.75) is 18.4 Å². The predicted octanol–water partition coefficient (Wildman–Crippen LogP) is 4.16. The molecule has 0 aliphatic carbocycles. The van der Waals surface area contributed by atoms with E-state index in [0.29, 0.717) is 12.4 Å². The maximum absolute atomic E-state index is 13.2. The van der Waals surface area contributed by atoms with Crippen molar-refractivity contribution in [2.75, 3.05) is 5.32 Å². The van der Waals surface area contributed by atoms with Crippen LogP contribution < -0.4 is 5.32 Å². The lowest BCUT2D eigenvalue weighted by Crippen LogP contribution is -2.18. The standard InChI is InChI=1S/C20H18N4O2S2/c1-15-9-11-17(12-10-15)28(25,26)24-20(21-14-16-6-3-2-4-7-16)22-19(23-24)18-8-5-13-27-18/h2-13H,14H2,1H3,(H,21,22,23). The van der Waals surface area contributed by atoms with Crippen LogP contribution in [-0.4, -0.2) is 22.6 Å². The van der Waals surface area contributed by atoms with Crippen LogP contribution >= 0.6 is 11.3 Å². The highest BCUT2D eigenvalue weighted by molar-refractivity contribution is 7.90. The third kappa shape index (κ3) is 3.69. The molecule has 4 rings (SSSR count). The first-order valence-electron chi connectivity index (χ1n) is 8.65. The summed E-state index contributed by atoms with van der Waals surface area (Å²) < 4.78 is 27.3. The Hall–Kier alpha value is -2.97. The fourth-order valence-corrected chi connectivity index (χ4v) is 4.52. The lowest BCUT2D eigenvalue weighted by molar-refractivity contribution is 0.580. The Bertz CT molecular complexity index is 1170. The summed E-state index contributed by atoms with van der Waals surface area (Å²) in [5.74, 6) is 0.564. The molecule has 0 amide bonds. The first-order valence-corrected chi connectivity index (χ1v) is 11.0. The minimum atomic E-state index is -3.88. The Balaban J connectivity index is 1.74. The van der Waals surface area contributed by atoms with Crippen molar-refractivity contribution in [2.24, 2.45) is 0 Å². The largest absolute Gasteiger partial charge is 0.349 e. The molecule has 1 N–H and O–H groups in total. The lowest BCUT2D eigenvalue weighted by Gasteiger charge is -2.09. The molecule has 2 aromatic heterocycles. The van der Waals surface area contributed by atoms with Crippen LogP contribution in [0.25, 0.3) is 10.7 Å². The normalized spacial score (nSPS) is 11.5. The van der Waals surface area contributed by atoms with E-state index in [1.54, 1.807) is 24.3 Å². The molecule has 0 fully saturated rings. The summed E-state index contributed by atoms with van der Waals surface area (Å²) >= 11 is 1.46. The SMILES string of the molecule is Cc1ccc(S(=O)(=O)n2nc(-c3cccs3)nc2NCc2ccccc2)cc1. The van der Waals surface area contributed by atoms with Crippen molar-refractivity contribution in [3.63, 3.8) is 0 Å². The summed E-state index contributed by atoms with van der Waals surface area (Å²) in [5, 5.41) is 9.32. The molecule has 6 nitrogen and oxygen atoms in total. The number of aromatic nitrogens is 3.